The third-order valence-corrected chi connectivity index (χ3v) is 4.12. The molecule has 0 fully saturated rings. The van der Waals surface area contributed by atoms with Crippen LogP contribution in [0, 0.1) is 0 Å². The highest BCUT2D eigenvalue weighted by atomic mass is 35.5. The van der Waals surface area contributed by atoms with E-state index in [1.54, 1.807) is 48.5 Å². The maximum atomic E-state index is 12.6. The number of benzene rings is 2. The standard InChI is InChI=1S/C18H11ClN4O3/c19-13-7-5-11(6-8-13)17-20-21-22-23(17)10-15(24)14-9-12-3-1-2-4-16(12)26-18(14)25/h1-9H,10H2. The van der Waals surface area contributed by atoms with E-state index in [9.17, 15) is 9.59 Å². The number of Topliss-reactive ketones (excluding diaryl/α,β-unsaturated/α-hetero) is 1. The summed E-state index contributed by atoms with van der Waals surface area (Å²) in [7, 11) is 0. The predicted octanol–water partition coefficient (Wildman–Crippen LogP) is 2.98. The molecule has 0 bridgehead atoms. The summed E-state index contributed by atoms with van der Waals surface area (Å²) in [4.78, 5) is 24.7. The van der Waals surface area contributed by atoms with Crippen LogP contribution in [0.2, 0.25) is 5.02 Å². The average molecular weight is 367 g/mol. The Labute approximate surface area is 151 Å². The zero-order valence-electron chi connectivity index (χ0n) is 13.3. The molecule has 0 aliphatic heterocycles. The Balaban J connectivity index is 1.68. The number of halogens is 1. The quantitative estimate of drug-likeness (QED) is 0.407. The second-order valence-corrected chi connectivity index (χ2v) is 6.01. The van der Waals surface area contributed by atoms with Crippen molar-refractivity contribution in [2.24, 2.45) is 0 Å². The van der Waals surface area contributed by atoms with Crippen molar-refractivity contribution >= 4 is 28.4 Å². The molecule has 0 saturated heterocycles. The molecule has 0 amide bonds. The molecule has 0 aliphatic rings. The van der Waals surface area contributed by atoms with Crippen LogP contribution in [0.3, 0.4) is 0 Å². The van der Waals surface area contributed by atoms with Gasteiger partial charge in [-0.05, 0) is 46.8 Å². The first-order chi connectivity index (χ1) is 12.6. The van der Waals surface area contributed by atoms with Gasteiger partial charge in [-0.3, -0.25) is 4.79 Å². The minimum atomic E-state index is -0.685. The van der Waals surface area contributed by atoms with E-state index in [0.29, 0.717) is 27.4 Å². The first-order valence-electron chi connectivity index (χ1n) is 7.70. The van der Waals surface area contributed by atoms with E-state index in [2.05, 4.69) is 15.5 Å². The van der Waals surface area contributed by atoms with Gasteiger partial charge in [0.1, 0.15) is 17.7 Å². The Morgan fingerprint density at radius 1 is 1.12 bits per heavy atom. The number of hydrogen-bond acceptors (Lipinski definition) is 6. The van der Waals surface area contributed by atoms with Crippen LogP contribution in [0.4, 0.5) is 0 Å². The maximum absolute atomic E-state index is 12.6. The van der Waals surface area contributed by atoms with Gasteiger partial charge in [-0.15, -0.1) is 5.10 Å². The molecule has 0 spiro atoms. The van der Waals surface area contributed by atoms with Gasteiger partial charge in [0, 0.05) is 16.0 Å². The van der Waals surface area contributed by atoms with Gasteiger partial charge in [0.05, 0.1) is 0 Å². The molecule has 4 aromatic rings. The number of hydrogen-bond donors (Lipinski definition) is 0. The van der Waals surface area contributed by atoms with Gasteiger partial charge in [-0.25, -0.2) is 9.48 Å². The van der Waals surface area contributed by atoms with Gasteiger partial charge in [0.15, 0.2) is 11.6 Å². The lowest BCUT2D eigenvalue weighted by atomic mass is 10.1. The largest absolute Gasteiger partial charge is 0.422 e. The van der Waals surface area contributed by atoms with Crippen molar-refractivity contribution < 1.29 is 9.21 Å². The lowest BCUT2D eigenvalue weighted by Gasteiger charge is -2.05. The fourth-order valence-corrected chi connectivity index (χ4v) is 2.72. The Hall–Kier alpha value is -3.32. The number of tetrazole rings is 1. The zero-order valence-corrected chi connectivity index (χ0v) is 14.1. The van der Waals surface area contributed by atoms with Crippen LogP contribution in [0.15, 0.2) is 63.8 Å². The van der Waals surface area contributed by atoms with E-state index < -0.39 is 11.4 Å². The predicted molar refractivity (Wildman–Crippen MR) is 95.1 cm³/mol. The maximum Gasteiger partial charge on any atom is 0.347 e. The minimum absolute atomic E-state index is 0.0405. The number of rotatable bonds is 4. The summed E-state index contributed by atoms with van der Waals surface area (Å²) in [5, 5.41) is 12.7. The molecular formula is C18H11ClN4O3. The summed E-state index contributed by atoms with van der Waals surface area (Å²) in [5.41, 5.74) is 0.409. The smallest absolute Gasteiger partial charge is 0.347 e. The Bertz CT molecular complexity index is 1160. The van der Waals surface area contributed by atoms with Crippen molar-refractivity contribution in [3.05, 3.63) is 75.6 Å². The average Bonchev–Trinajstić information content (AvgIpc) is 3.09. The van der Waals surface area contributed by atoms with Gasteiger partial charge in [-0.2, -0.15) is 0 Å². The van der Waals surface area contributed by atoms with Gasteiger partial charge in [-0.1, -0.05) is 29.8 Å². The van der Waals surface area contributed by atoms with E-state index in [1.807, 2.05) is 0 Å². The molecule has 128 valence electrons. The van der Waals surface area contributed by atoms with Crippen molar-refractivity contribution in [1.82, 2.24) is 20.2 Å². The fraction of sp³-hybridized carbons (Fsp3) is 0.0556. The number of para-hydroxylation sites is 1. The van der Waals surface area contributed by atoms with Crippen LogP contribution in [0.25, 0.3) is 22.4 Å². The minimum Gasteiger partial charge on any atom is -0.422 e. The van der Waals surface area contributed by atoms with E-state index in [-0.39, 0.29) is 12.1 Å². The second kappa shape index (κ2) is 6.53. The number of nitrogens with zero attached hydrogens (tertiary/aromatic N) is 4. The highest BCUT2D eigenvalue weighted by Gasteiger charge is 2.18. The first-order valence-corrected chi connectivity index (χ1v) is 8.08. The normalized spacial score (nSPS) is 11.0. The molecule has 2 aromatic carbocycles. The second-order valence-electron chi connectivity index (χ2n) is 5.58. The van der Waals surface area contributed by atoms with Gasteiger partial charge < -0.3 is 4.42 Å². The van der Waals surface area contributed by atoms with Crippen molar-refractivity contribution in [3.8, 4) is 11.4 Å². The number of carbonyl (C=O) groups excluding carboxylic acids is 1. The summed E-state index contributed by atoms with van der Waals surface area (Å²) >= 11 is 5.88. The molecule has 2 aromatic heterocycles. The summed E-state index contributed by atoms with van der Waals surface area (Å²) < 4.78 is 6.54. The van der Waals surface area contributed by atoms with Crippen molar-refractivity contribution in [2.45, 2.75) is 6.54 Å². The number of ketones is 1. The van der Waals surface area contributed by atoms with Crippen LogP contribution in [-0.4, -0.2) is 26.0 Å². The van der Waals surface area contributed by atoms with Gasteiger partial charge >= 0.3 is 5.63 Å². The fourth-order valence-electron chi connectivity index (χ4n) is 2.59. The highest BCUT2D eigenvalue weighted by Crippen LogP contribution is 2.19. The summed E-state index contributed by atoms with van der Waals surface area (Å²) in [6, 6.07) is 15.4. The molecule has 4 rings (SSSR count). The molecule has 2 heterocycles. The Morgan fingerprint density at radius 2 is 1.88 bits per heavy atom. The summed E-state index contributed by atoms with van der Waals surface area (Å²) in [6.45, 7) is -0.186. The topological polar surface area (TPSA) is 90.9 Å². The number of aromatic nitrogens is 4. The van der Waals surface area contributed by atoms with E-state index >= 15 is 0 Å². The number of fused-ring (bicyclic) bond motifs is 1. The van der Waals surface area contributed by atoms with Crippen LogP contribution in [0.1, 0.15) is 10.4 Å². The van der Waals surface area contributed by atoms with E-state index in [4.69, 9.17) is 16.0 Å². The van der Waals surface area contributed by atoms with E-state index in [1.165, 1.54) is 10.7 Å². The summed E-state index contributed by atoms with van der Waals surface area (Å²) in [5.74, 6) is -0.0350. The molecule has 8 heteroatoms. The third kappa shape index (κ3) is 3.00. The van der Waals surface area contributed by atoms with E-state index in [0.717, 1.165) is 0 Å². The first kappa shape index (κ1) is 16.2. The SMILES string of the molecule is O=C(Cn1nnnc1-c1ccc(Cl)cc1)c1cc2ccccc2oc1=O. The Kier molecular flexibility index (Phi) is 4.06. The van der Waals surface area contributed by atoms with Crippen molar-refractivity contribution in [2.75, 3.05) is 0 Å². The molecule has 0 radical (unpaired) electrons. The van der Waals surface area contributed by atoms with Crippen LogP contribution in [0.5, 0.6) is 0 Å². The lowest BCUT2D eigenvalue weighted by molar-refractivity contribution is 0.0964. The molecule has 0 N–H and O–H groups in total. The molecule has 0 aliphatic carbocycles. The molecule has 0 unspecified atom stereocenters. The van der Waals surface area contributed by atoms with Crippen LogP contribution in [-0.2, 0) is 6.54 Å². The molecular weight excluding hydrogens is 356 g/mol. The molecule has 0 saturated carbocycles. The Morgan fingerprint density at radius 3 is 2.69 bits per heavy atom. The summed E-state index contributed by atoms with van der Waals surface area (Å²) in [6.07, 6.45) is 0. The van der Waals surface area contributed by atoms with Crippen molar-refractivity contribution in [3.63, 3.8) is 0 Å². The number of carbonyl (C=O) groups is 1. The van der Waals surface area contributed by atoms with Crippen molar-refractivity contribution in [1.29, 1.82) is 0 Å². The van der Waals surface area contributed by atoms with Crippen LogP contribution >= 0.6 is 11.6 Å². The highest BCUT2D eigenvalue weighted by molar-refractivity contribution is 6.30. The molecule has 7 nitrogen and oxygen atoms in total. The molecule has 26 heavy (non-hydrogen) atoms. The third-order valence-electron chi connectivity index (χ3n) is 3.87. The van der Waals surface area contributed by atoms with Gasteiger partial charge in [0.2, 0.25) is 0 Å². The lowest BCUT2D eigenvalue weighted by Crippen LogP contribution is -2.20. The van der Waals surface area contributed by atoms with Crippen LogP contribution < -0.4 is 5.63 Å². The zero-order chi connectivity index (χ0) is 18.1. The monoisotopic (exact) mass is 366 g/mol. The molecule has 0 atom stereocenters. The van der Waals surface area contributed by atoms with Gasteiger partial charge in [0.25, 0.3) is 0 Å².